The molecule has 0 aromatic heterocycles. The Bertz CT molecular complexity index is 903. The summed E-state index contributed by atoms with van der Waals surface area (Å²) >= 11 is 0. The van der Waals surface area contributed by atoms with Gasteiger partial charge in [0.2, 0.25) is 0 Å². The van der Waals surface area contributed by atoms with E-state index in [-0.39, 0.29) is 11.9 Å². The van der Waals surface area contributed by atoms with Crippen LogP contribution in [0, 0.1) is 23.7 Å². The number of fused-ring (bicyclic) bond motifs is 2. The molecule has 148 valence electrons. The van der Waals surface area contributed by atoms with Crippen LogP contribution in [0.15, 0.2) is 54.6 Å². The summed E-state index contributed by atoms with van der Waals surface area (Å²) in [6.07, 6.45) is 1.05. The largest absolute Gasteiger partial charge is 0.461 e. The summed E-state index contributed by atoms with van der Waals surface area (Å²) in [5, 5.41) is 4.67. The number of rotatable bonds is 7. The maximum Gasteiger partial charge on any atom is 0.309 e. The van der Waals surface area contributed by atoms with Crippen molar-refractivity contribution in [2.75, 3.05) is 0 Å². The topological polar surface area (TPSA) is 26.3 Å². The average Bonchev–Trinajstić information content (AvgIpc) is 2.70. The molecule has 0 saturated heterocycles. The van der Waals surface area contributed by atoms with Gasteiger partial charge in [-0.1, -0.05) is 83.1 Å². The molecule has 0 amide bonds. The Labute approximate surface area is 168 Å². The maximum absolute atomic E-state index is 12.8. The van der Waals surface area contributed by atoms with Gasteiger partial charge in [0.25, 0.3) is 0 Å². The zero-order chi connectivity index (χ0) is 20.3. The molecule has 3 rings (SSSR count). The zero-order valence-electron chi connectivity index (χ0n) is 17.7. The van der Waals surface area contributed by atoms with E-state index in [9.17, 15) is 4.79 Å². The quantitative estimate of drug-likeness (QED) is 0.328. The fourth-order valence-corrected chi connectivity index (χ4v) is 3.83. The molecule has 0 saturated carbocycles. The van der Waals surface area contributed by atoms with Gasteiger partial charge in [-0.25, -0.2) is 0 Å². The van der Waals surface area contributed by atoms with Crippen LogP contribution < -0.4 is 0 Å². The van der Waals surface area contributed by atoms with Crippen molar-refractivity contribution in [1.82, 2.24) is 0 Å². The van der Waals surface area contributed by atoms with Crippen LogP contribution in [-0.2, 0) is 16.1 Å². The van der Waals surface area contributed by atoms with Crippen LogP contribution in [0.4, 0.5) is 0 Å². The Kier molecular flexibility index (Phi) is 6.39. The second-order valence-electron chi connectivity index (χ2n) is 8.63. The van der Waals surface area contributed by atoms with Crippen LogP contribution in [0.25, 0.3) is 21.5 Å². The van der Waals surface area contributed by atoms with Crippen LogP contribution >= 0.6 is 0 Å². The van der Waals surface area contributed by atoms with Gasteiger partial charge in [0, 0.05) is 5.56 Å². The van der Waals surface area contributed by atoms with Gasteiger partial charge < -0.3 is 4.74 Å². The van der Waals surface area contributed by atoms with E-state index in [1.165, 1.54) is 10.8 Å². The molecule has 3 atom stereocenters. The van der Waals surface area contributed by atoms with Gasteiger partial charge in [-0.2, -0.15) is 0 Å². The average molecular weight is 377 g/mol. The van der Waals surface area contributed by atoms with E-state index in [0.29, 0.717) is 24.4 Å². The summed E-state index contributed by atoms with van der Waals surface area (Å²) < 4.78 is 5.83. The Morgan fingerprint density at radius 2 is 1.36 bits per heavy atom. The third-order valence-corrected chi connectivity index (χ3v) is 6.35. The molecule has 2 nitrogen and oxygen atoms in total. The minimum absolute atomic E-state index is 0.0950. The maximum atomic E-state index is 12.8. The van der Waals surface area contributed by atoms with E-state index in [1.54, 1.807) is 0 Å². The van der Waals surface area contributed by atoms with Gasteiger partial charge in [-0.3, -0.25) is 4.79 Å². The first-order valence-corrected chi connectivity index (χ1v) is 10.4. The van der Waals surface area contributed by atoms with E-state index in [2.05, 4.69) is 58.0 Å². The van der Waals surface area contributed by atoms with E-state index in [0.717, 1.165) is 22.8 Å². The molecule has 0 spiro atoms. The molecule has 0 N–H and O–H groups in total. The fraction of sp³-hybridized carbons (Fsp3) is 0.423. The van der Waals surface area contributed by atoms with Crippen LogP contribution in [0.1, 0.15) is 46.6 Å². The SMILES string of the molecule is CC(C)C(C)CC(C)C(C)C(=O)OCc1c2ccccc2cc2ccccc12. The highest BCUT2D eigenvalue weighted by Gasteiger charge is 2.24. The third kappa shape index (κ3) is 4.38. The Morgan fingerprint density at radius 3 is 1.89 bits per heavy atom. The Hall–Kier alpha value is -2.35. The number of carbonyl (C=O) groups excluding carboxylic acids is 1. The van der Waals surface area contributed by atoms with Gasteiger partial charge in [0.05, 0.1) is 5.92 Å². The molecule has 0 bridgehead atoms. The molecule has 0 aliphatic carbocycles. The van der Waals surface area contributed by atoms with Crippen molar-refractivity contribution in [3.63, 3.8) is 0 Å². The lowest BCUT2D eigenvalue weighted by Crippen LogP contribution is -2.24. The van der Waals surface area contributed by atoms with E-state index in [1.807, 2.05) is 31.2 Å². The van der Waals surface area contributed by atoms with Crippen molar-refractivity contribution in [3.8, 4) is 0 Å². The molecule has 0 aliphatic rings. The predicted octanol–water partition coefficient (Wildman–Crippen LogP) is 6.99. The molecule has 3 unspecified atom stereocenters. The standard InChI is InChI=1S/C26H32O2/c1-17(2)18(3)14-19(4)20(5)26(27)28-16-25-23-12-8-6-10-21(23)15-22-11-7-9-13-24(22)25/h6-13,15,17-20H,14,16H2,1-5H3. The van der Waals surface area contributed by atoms with Gasteiger partial charge in [0.1, 0.15) is 6.61 Å². The zero-order valence-corrected chi connectivity index (χ0v) is 17.7. The molecular weight excluding hydrogens is 344 g/mol. The molecule has 2 heteroatoms. The van der Waals surface area contributed by atoms with Crippen molar-refractivity contribution >= 4 is 27.5 Å². The highest BCUT2D eigenvalue weighted by atomic mass is 16.5. The molecule has 0 radical (unpaired) electrons. The number of benzene rings is 3. The number of ether oxygens (including phenoxy) is 1. The highest BCUT2D eigenvalue weighted by Crippen LogP contribution is 2.30. The number of carbonyl (C=O) groups is 1. The summed E-state index contributed by atoms with van der Waals surface area (Å²) in [4.78, 5) is 12.8. The van der Waals surface area contributed by atoms with Gasteiger partial charge in [0.15, 0.2) is 0 Å². The molecule has 28 heavy (non-hydrogen) atoms. The second kappa shape index (κ2) is 8.77. The smallest absolute Gasteiger partial charge is 0.309 e. The Morgan fingerprint density at radius 1 is 0.821 bits per heavy atom. The van der Waals surface area contributed by atoms with Crippen LogP contribution in [0.2, 0.25) is 0 Å². The minimum atomic E-state index is -0.0968. The monoisotopic (exact) mass is 376 g/mol. The summed E-state index contributed by atoms with van der Waals surface area (Å²) in [6.45, 7) is 11.2. The van der Waals surface area contributed by atoms with Crippen LogP contribution in [-0.4, -0.2) is 5.97 Å². The van der Waals surface area contributed by atoms with Gasteiger partial charge >= 0.3 is 5.97 Å². The lowest BCUT2D eigenvalue weighted by Gasteiger charge is -2.24. The normalized spacial score (nSPS) is 14.9. The second-order valence-corrected chi connectivity index (χ2v) is 8.63. The first-order chi connectivity index (χ1) is 13.4. The molecule has 0 aliphatic heterocycles. The summed E-state index contributed by atoms with van der Waals surface area (Å²) in [5.41, 5.74) is 1.09. The Balaban J connectivity index is 1.80. The lowest BCUT2D eigenvalue weighted by atomic mass is 9.83. The van der Waals surface area contributed by atoms with Gasteiger partial charge in [-0.15, -0.1) is 0 Å². The molecule has 0 heterocycles. The summed E-state index contributed by atoms with van der Waals surface area (Å²) in [6, 6.07) is 18.8. The number of esters is 1. The van der Waals surface area contributed by atoms with Crippen molar-refractivity contribution in [2.24, 2.45) is 23.7 Å². The van der Waals surface area contributed by atoms with Crippen molar-refractivity contribution < 1.29 is 9.53 Å². The van der Waals surface area contributed by atoms with Crippen molar-refractivity contribution in [3.05, 3.63) is 60.2 Å². The first-order valence-electron chi connectivity index (χ1n) is 10.4. The van der Waals surface area contributed by atoms with Crippen LogP contribution in [0.5, 0.6) is 0 Å². The highest BCUT2D eigenvalue weighted by molar-refractivity contribution is 6.02. The van der Waals surface area contributed by atoms with E-state index in [4.69, 9.17) is 4.74 Å². The molecule has 3 aromatic carbocycles. The van der Waals surface area contributed by atoms with Gasteiger partial charge in [-0.05, 0) is 51.8 Å². The predicted molar refractivity (Wildman–Crippen MR) is 118 cm³/mol. The van der Waals surface area contributed by atoms with Crippen molar-refractivity contribution in [2.45, 2.75) is 47.6 Å². The first kappa shape index (κ1) is 20.4. The molecular formula is C26H32O2. The number of hydrogen-bond acceptors (Lipinski definition) is 2. The fourth-order valence-electron chi connectivity index (χ4n) is 3.83. The minimum Gasteiger partial charge on any atom is -0.461 e. The van der Waals surface area contributed by atoms with E-state index < -0.39 is 0 Å². The number of hydrogen-bond donors (Lipinski definition) is 0. The molecule has 0 fully saturated rings. The van der Waals surface area contributed by atoms with E-state index >= 15 is 0 Å². The third-order valence-electron chi connectivity index (χ3n) is 6.35. The van der Waals surface area contributed by atoms with Crippen LogP contribution in [0.3, 0.4) is 0 Å². The lowest BCUT2D eigenvalue weighted by molar-refractivity contribution is -0.151. The summed E-state index contributed by atoms with van der Waals surface area (Å²) in [7, 11) is 0. The molecule has 3 aromatic rings. The van der Waals surface area contributed by atoms with Crippen molar-refractivity contribution in [1.29, 1.82) is 0 Å². The summed E-state index contributed by atoms with van der Waals surface area (Å²) in [5.74, 6) is 1.36.